The second-order valence-corrected chi connectivity index (χ2v) is 10.9. The molecule has 2 heterocycles. The summed E-state index contributed by atoms with van der Waals surface area (Å²) in [5.41, 5.74) is 11.4. The summed E-state index contributed by atoms with van der Waals surface area (Å²) in [7, 11) is 0. The molecule has 4 aromatic rings. The molecule has 0 bridgehead atoms. The molecule has 3 aromatic carbocycles. The number of anilines is 3. The molecule has 5 rings (SSSR count). The maximum atomic E-state index is 6.59. The van der Waals surface area contributed by atoms with Crippen LogP contribution in [0.3, 0.4) is 0 Å². The molecule has 1 aliphatic heterocycles. The Hall–Kier alpha value is -3.04. The van der Waals surface area contributed by atoms with E-state index < -0.39 is 0 Å². The lowest BCUT2D eigenvalue weighted by molar-refractivity contribution is 0.589. The standard InChI is InChI=1S/C30H30BClN2/c1-19-15-20(2)29(21(3)16-19)31-24-9-7-8-10-26(24)34(27-18-23(32)11-12-25(27)31)28-17-22(13-14-33-28)30(4,5)6/h7-18H,1-6H3. The second kappa shape index (κ2) is 8.32. The molecule has 0 fully saturated rings. The molecule has 0 saturated heterocycles. The third kappa shape index (κ3) is 3.82. The lowest BCUT2D eigenvalue weighted by Gasteiger charge is -2.37. The molecule has 0 amide bonds. The molecule has 4 heteroatoms. The third-order valence-electron chi connectivity index (χ3n) is 6.90. The summed E-state index contributed by atoms with van der Waals surface area (Å²) in [5.74, 6) is 0.916. The van der Waals surface area contributed by atoms with E-state index in [1.807, 2.05) is 12.3 Å². The monoisotopic (exact) mass is 464 g/mol. The largest absolute Gasteiger partial charge is 0.296 e. The van der Waals surface area contributed by atoms with E-state index in [0.717, 1.165) is 22.2 Å². The Balaban J connectivity index is 1.81. The van der Waals surface area contributed by atoms with Crippen LogP contribution < -0.4 is 21.3 Å². The predicted molar refractivity (Wildman–Crippen MR) is 148 cm³/mol. The van der Waals surface area contributed by atoms with Gasteiger partial charge in [-0.25, -0.2) is 4.98 Å². The van der Waals surface area contributed by atoms with Crippen LogP contribution in [-0.4, -0.2) is 11.7 Å². The van der Waals surface area contributed by atoms with Crippen LogP contribution in [0.25, 0.3) is 0 Å². The smallest absolute Gasteiger partial charge is 0.247 e. The van der Waals surface area contributed by atoms with Crippen molar-refractivity contribution in [1.29, 1.82) is 0 Å². The highest BCUT2D eigenvalue weighted by Gasteiger charge is 2.37. The van der Waals surface area contributed by atoms with Crippen molar-refractivity contribution < 1.29 is 0 Å². The first-order valence-corrected chi connectivity index (χ1v) is 12.3. The molecule has 0 aliphatic carbocycles. The molecule has 0 spiro atoms. The van der Waals surface area contributed by atoms with Gasteiger partial charge >= 0.3 is 0 Å². The van der Waals surface area contributed by atoms with Crippen LogP contribution in [0.4, 0.5) is 17.2 Å². The van der Waals surface area contributed by atoms with Gasteiger partial charge in [-0.15, -0.1) is 0 Å². The summed E-state index contributed by atoms with van der Waals surface area (Å²) in [6.45, 7) is 13.5. The first-order valence-electron chi connectivity index (χ1n) is 11.9. The van der Waals surface area contributed by atoms with E-state index >= 15 is 0 Å². The van der Waals surface area contributed by atoms with Crippen LogP contribution >= 0.6 is 11.6 Å². The number of nitrogens with zero attached hydrogens (tertiary/aromatic N) is 2. The number of rotatable bonds is 2. The average Bonchev–Trinajstić information content (AvgIpc) is 2.77. The summed E-state index contributed by atoms with van der Waals surface area (Å²) in [6, 6.07) is 23.9. The molecular weight excluding hydrogens is 435 g/mol. The molecule has 1 aromatic heterocycles. The van der Waals surface area contributed by atoms with Gasteiger partial charge in [-0.2, -0.15) is 0 Å². The Bertz CT molecular complexity index is 1380. The van der Waals surface area contributed by atoms with E-state index in [1.165, 1.54) is 38.6 Å². The van der Waals surface area contributed by atoms with Crippen molar-refractivity contribution in [3.8, 4) is 0 Å². The molecule has 0 radical (unpaired) electrons. The summed E-state index contributed by atoms with van der Waals surface area (Å²) in [6.07, 6.45) is 1.92. The number of halogens is 1. The maximum absolute atomic E-state index is 6.59. The summed E-state index contributed by atoms with van der Waals surface area (Å²) < 4.78 is 0. The van der Waals surface area contributed by atoms with Gasteiger partial charge in [0.05, 0.1) is 0 Å². The Morgan fingerprint density at radius 1 is 0.794 bits per heavy atom. The van der Waals surface area contributed by atoms with Crippen molar-refractivity contribution in [2.45, 2.75) is 47.0 Å². The quantitative estimate of drug-likeness (QED) is 0.287. The highest BCUT2D eigenvalue weighted by molar-refractivity contribution is 6.98. The predicted octanol–water partition coefficient (Wildman–Crippen LogP) is 6.26. The number of hydrogen-bond acceptors (Lipinski definition) is 2. The van der Waals surface area contributed by atoms with E-state index in [4.69, 9.17) is 16.6 Å². The topological polar surface area (TPSA) is 16.1 Å². The van der Waals surface area contributed by atoms with Gasteiger partial charge < -0.3 is 0 Å². The van der Waals surface area contributed by atoms with Gasteiger partial charge in [-0.3, -0.25) is 4.90 Å². The lowest BCUT2D eigenvalue weighted by Crippen LogP contribution is -2.58. The Morgan fingerprint density at radius 2 is 1.47 bits per heavy atom. The molecule has 34 heavy (non-hydrogen) atoms. The maximum Gasteiger partial charge on any atom is 0.247 e. The molecule has 170 valence electrons. The number of aromatic nitrogens is 1. The van der Waals surface area contributed by atoms with Crippen LogP contribution in [0.5, 0.6) is 0 Å². The van der Waals surface area contributed by atoms with E-state index in [9.17, 15) is 0 Å². The number of fused-ring (bicyclic) bond motifs is 2. The Morgan fingerprint density at radius 3 is 2.18 bits per heavy atom. The Kier molecular flexibility index (Phi) is 5.57. The van der Waals surface area contributed by atoms with Crippen molar-refractivity contribution in [3.63, 3.8) is 0 Å². The molecule has 0 atom stereocenters. The number of para-hydroxylation sites is 1. The van der Waals surface area contributed by atoms with Gasteiger partial charge in [0.1, 0.15) is 5.82 Å². The molecule has 2 nitrogen and oxygen atoms in total. The SMILES string of the molecule is Cc1cc(C)c(B2c3ccccc3N(c3cc(C(C)(C)C)ccn3)c3cc(Cl)ccc32)c(C)c1. The zero-order valence-electron chi connectivity index (χ0n) is 20.8. The van der Waals surface area contributed by atoms with Crippen LogP contribution in [-0.2, 0) is 5.41 Å². The molecule has 0 N–H and O–H groups in total. The van der Waals surface area contributed by atoms with Crippen LogP contribution in [0.2, 0.25) is 5.02 Å². The van der Waals surface area contributed by atoms with Gasteiger partial charge in [0.15, 0.2) is 0 Å². The van der Waals surface area contributed by atoms with Gasteiger partial charge in [0.2, 0.25) is 6.71 Å². The number of aryl methyl sites for hydroxylation is 3. The van der Waals surface area contributed by atoms with Crippen molar-refractivity contribution in [3.05, 3.63) is 100 Å². The molecule has 0 unspecified atom stereocenters. The average molecular weight is 465 g/mol. The second-order valence-electron chi connectivity index (χ2n) is 10.5. The number of hydrogen-bond donors (Lipinski definition) is 0. The molecule has 0 saturated carbocycles. The first-order chi connectivity index (χ1) is 16.1. The van der Waals surface area contributed by atoms with Crippen molar-refractivity contribution in [2.24, 2.45) is 0 Å². The fourth-order valence-electron chi connectivity index (χ4n) is 5.40. The first kappa shape index (κ1) is 22.7. The summed E-state index contributed by atoms with van der Waals surface area (Å²) >= 11 is 6.59. The zero-order valence-corrected chi connectivity index (χ0v) is 21.5. The minimum atomic E-state index is 0.0306. The van der Waals surface area contributed by atoms with E-state index in [2.05, 4.69) is 107 Å². The van der Waals surface area contributed by atoms with Gasteiger partial charge in [0, 0.05) is 22.6 Å². The van der Waals surface area contributed by atoms with Crippen molar-refractivity contribution >= 4 is 51.9 Å². The number of pyridine rings is 1. The van der Waals surface area contributed by atoms with Crippen molar-refractivity contribution in [2.75, 3.05) is 4.90 Å². The summed E-state index contributed by atoms with van der Waals surface area (Å²) in [4.78, 5) is 7.11. The van der Waals surface area contributed by atoms with Gasteiger partial charge in [-0.05, 0) is 73.0 Å². The van der Waals surface area contributed by atoms with Crippen LogP contribution in [0.1, 0.15) is 43.0 Å². The number of benzene rings is 3. The van der Waals surface area contributed by atoms with Gasteiger partial charge in [-0.1, -0.05) is 90.9 Å². The normalized spacial score (nSPS) is 13.0. The minimum absolute atomic E-state index is 0.0306. The summed E-state index contributed by atoms with van der Waals surface area (Å²) in [5, 5.41) is 0.728. The minimum Gasteiger partial charge on any atom is -0.296 e. The van der Waals surface area contributed by atoms with Crippen LogP contribution in [0.15, 0.2) is 72.9 Å². The Labute approximate surface area is 208 Å². The van der Waals surface area contributed by atoms with E-state index in [1.54, 1.807) is 0 Å². The molecular formula is C30H30BClN2. The molecule has 1 aliphatic rings. The van der Waals surface area contributed by atoms with E-state index in [0.29, 0.717) is 0 Å². The van der Waals surface area contributed by atoms with E-state index in [-0.39, 0.29) is 12.1 Å². The highest BCUT2D eigenvalue weighted by atomic mass is 35.5. The van der Waals surface area contributed by atoms with Gasteiger partial charge in [0.25, 0.3) is 0 Å². The fourth-order valence-corrected chi connectivity index (χ4v) is 5.57. The third-order valence-corrected chi connectivity index (χ3v) is 7.14. The van der Waals surface area contributed by atoms with Crippen molar-refractivity contribution in [1.82, 2.24) is 4.98 Å². The fraction of sp³-hybridized carbons (Fsp3) is 0.233. The zero-order chi connectivity index (χ0) is 24.2. The highest BCUT2D eigenvalue weighted by Crippen LogP contribution is 2.37. The lowest BCUT2D eigenvalue weighted by atomic mass is 9.34. The van der Waals surface area contributed by atoms with Crippen LogP contribution in [0, 0.1) is 20.8 Å².